The van der Waals surface area contributed by atoms with E-state index in [4.69, 9.17) is 9.73 Å². The summed E-state index contributed by atoms with van der Waals surface area (Å²) >= 11 is 0. The molecule has 0 saturated carbocycles. The van der Waals surface area contributed by atoms with Crippen molar-refractivity contribution in [2.45, 2.75) is 19.0 Å². The fraction of sp³-hybridized carbons (Fsp3) is 0.323. The van der Waals surface area contributed by atoms with Crippen LogP contribution in [0.2, 0.25) is 0 Å². The Bertz CT molecular complexity index is 1360. The molecule has 1 fully saturated rings. The minimum absolute atomic E-state index is 0.245. The molecule has 0 radical (unpaired) electrons. The third-order valence-corrected chi connectivity index (χ3v) is 7.67. The SMILES string of the molecule is COc1ccccc1CN1C[C@H](Cc2c[nH]c3ccccc23)N=C1CN1CCN(c2ccccc2)CC1. The van der Waals surface area contributed by atoms with Gasteiger partial charge in [-0.2, -0.15) is 0 Å². The van der Waals surface area contributed by atoms with Crippen LogP contribution in [-0.2, 0) is 13.0 Å². The third kappa shape index (κ3) is 5.20. The molecule has 6 rings (SSSR count). The monoisotopic (exact) mass is 493 g/mol. The van der Waals surface area contributed by atoms with Crippen LogP contribution >= 0.6 is 0 Å². The van der Waals surface area contributed by atoms with Crippen LogP contribution in [0, 0.1) is 0 Å². The van der Waals surface area contributed by atoms with Gasteiger partial charge in [0.1, 0.15) is 11.6 Å². The van der Waals surface area contributed by atoms with Crippen LogP contribution < -0.4 is 9.64 Å². The van der Waals surface area contributed by atoms with E-state index in [0.29, 0.717) is 0 Å². The molecular formula is C31H35N5O. The van der Waals surface area contributed by atoms with Crippen LogP contribution in [0.3, 0.4) is 0 Å². The minimum atomic E-state index is 0.245. The molecule has 6 heteroatoms. The summed E-state index contributed by atoms with van der Waals surface area (Å²) in [6.07, 6.45) is 3.10. The summed E-state index contributed by atoms with van der Waals surface area (Å²) in [5.41, 5.74) is 5.07. The van der Waals surface area contributed by atoms with Crippen LogP contribution in [0.15, 0.2) is 90.1 Å². The zero-order chi connectivity index (χ0) is 25.0. The van der Waals surface area contributed by atoms with Gasteiger partial charge in [-0.25, -0.2) is 0 Å². The summed E-state index contributed by atoms with van der Waals surface area (Å²) in [4.78, 5) is 16.3. The zero-order valence-corrected chi connectivity index (χ0v) is 21.5. The summed E-state index contributed by atoms with van der Waals surface area (Å²) in [6.45, 7) is 6.81. The second kappa shape index (κ2) is 10.7. The number of para-hydroxylation sites is 3. The minimum Gasteiger partial charge on any atom is -0.496 e. The number of aromatic amines is 1. The Morgan fingerprint density at radius 1 is 0.838 bits per heavy atom. The Morgan fingerprint density at radius 2 is 1.59 bits per heavy atom. The number of H-pyrrole nitrogens is 1. The highest BCUT2D eigenvalue weighted by Crippen LogP contribution is 2.26. The van der Waals surface area contributed by atoms with Crippen LogP contribution in [0.4, 0.5) is 5.69 Å². The van der Waals surface area contributed by atoms with Gasteiger partial charge < -0.3 is 19.5 Å². The summed E-state index contributed by atoms with van der Waals surface area (Å²) in [6, 6.07) is 27.9. The van der Waals surface area contributed by atoms with Crippen molar-refractivity contribution >= 4 is 22.4 Å². The second-order valence-electron chi connectivity index (χ2n) is 10.1. The second-order valence-corrected chi connectivity index (χ2v) is 10.1. The molecule has 37 heavy (non-hydrogen) atoms. The number of aliphatic imine (C=N–C) groups is 1. The average Bonchev–Trinajstić information content (AvgIpc) is 3.53. The average molecular weight is 494 g/mol. The van der Waals surface area contributed by atoms with E-state index in [-0.39, 0.29) is 6.04 Å². The molecule has 0 amide bonds. The highest BCUT2D eigenvalue weighted by Gasteiger charge is 2.29. The molecule has 6 nitrogen and oxygen atoms in total. The zero-order valence-electron chi connectivity index (χ0n) is 21.5. The highest BCUT2D eigenvalue weighted by atomic mass is 16.5. The molecular weight excluding hydrogens is 458 g/mol. The Hall–Kier alpha value is -3.77. The van der Waals surface area contributed by atoms with E-state index >= 15 is 0 Å². The molecule has 2 aliphatic rings. The van der Waals surface area contributed by atoms with Crippen LogP contribution in [0.25, 0.3) is 10.9 Å². The number of benzene rings is 3. The number of fused-ring (bicyclic) bond motifs is 1. The largest absolute Gasteiger partial charge is 0.496 e. The van der Waals surface area contributed by atoms with Crippen molar-refractivity contribution < 1.29 is 4.74 Å². The molecule has 0 bridgehead atoms. The van der Waals surface area contributed by atoms with E-state index in [9.17, 15) is 0 Å². The first-order valence-corrected chi connectivity index (χ1v) is 13.3. The maximum absolute atomic E-state index is 5.67. The standard InChI is InChI=1S/C31H35N5O/c1-37-30-14-8-5-9-24(30)21-36-22-26(19-25-20-32-29-13-7-6-12-28(25)29)33-31(36)23-34-15-17-35(18-16-34)27-10-3-2-4-11-27/h2-14,20,26,32H,15-19,21-23H2,1H3/t26-/m0/s1. The lowest BCUT2D eigenvalue weighted by Gasteiger charge is -2.37. The number of nitrogens with zero attached hydrogens (tertiary/aromatic N) is 4. The molecule has 2 aliphatic heterocycles. The van der Waals surface area contributed by atoms with Gasteiger partial charge in [-0.1, -0.05) is 54.6 Å². The van der Waals surface area contributed by atoms with Gasteiger partial charge in [0.15, 0.2) is 0 Å². The molecule has 1 N–H and O–H groups in total. The summed E-state index contributed by atoms with van der Waals surface area (Å²) < 4.78 is 5.67. The summed E-state index contributed by atoms with van der Waals surface area (Å²) in [7, 11) is 1.75. The van der Waals surface area contributed by atoms with Crippen molar-refractivity contribution in [3.05, 3.63) is 96.2 Å². The number of hydrogen-bond donors (Lipinski definition) is 1. The first-order valence-electron chi connectivity index (χ1n) is 13.3. The Morgan fingerprint density at radius 3 is 2.43 bits per heavy atom. The van der Waals surface area contributed by atoms with E-state index in [1.54, 1.807) is 7.11 Å². The lowest BCUT2D eigenvalue weighted by Crippen LogP contribution is -2.49. The van der Waals surface area contributed by atoms with E-state index in [0.717, 1.165) is 58.0 Å². The van der Waals surface area contributed by atoms with E-state index < -0.39 is 0 Å². The molecule has 0 unspecified atom stereocenters. The highest BCUT2D eigenvalue weighted by molar-refractivity contribution is 5.87. The van der Waals surface area contributed by atoms with Gasteiger partial charge in [0.2, 0.25) is 0 Å². The van der Waals surface area contributed by atoms with Crippen molar-refractivity contribution in [2.24, 2.45) is 4.99 Å². The molecule has 0 aliphatic carbocycles. The molecule has 3 heterocycles. The van der Waals surface area contributed by atoms with Gasteiger partial charge in [-0.3, -0.25) is 9.89 Å². The molecule has 1 atom stereocenters. The lowest BCUT2D eigenvalue weighted by atomic mass is 10.1. The molecule has 1 saturated heterocycles. The molecule has 3 aromatic carbocycles. The fourth-order valence-electron chi connectivity index (χ4n) is 5.70. The van der Waals surface area contributed by atoms with Gasteiger partial charge in [0, 0.05) is 67.6 Å². The normalized spacial score (nSPS) is 18.4. The van der Waals surface area contributed by atoms with Gasteiger partial charge in [0.25, 0.3) is 0 Å². The molecule has 1 aromatic heterocycles. The lowest BCUT2D eigenvalue weighted by molar-refractivity contribution is 0.279. The van der Waals surface area contributed by atoms with Gasteiger partial charge in [-0.15, -0.1) is 0 Å². The Kier molecular flexibility index (Phi) is 6.82. The quantitative estimate of drug-likeness (QED) is 0.382. The van der Waals surface area contributed by atoms with Gasteiger partial charge >= 0.3 is 0 Å². The smallest absolute Gasteiger partial charge is 0.123 e. The van der Waals surface area contributed by atoms with Crippen LogP contribution in [0.5, 0.6) is 5.75 Å². The van der Waals surface area contributed by atoms with Crippen LogP contribution in [-0.4, -0.2) is 73.0 Å². The van der Waals surface area contributed by atoms with Crippen molar-refractivity contribution in [1.82, 2.24) is 14.8 Å². The molecule has 4 aromatic rings. The summed E-state index contributed by atoms with van der Waals surface area (Å²) in [5, 5.41) is 1.31. The van der Waals surface area contributed by atoms with Crippen molar-refractivity contribution in [2.75, 3.05) is 51.3 Å². The number of rotatable bonds is 8. The predicted molar refractivity (Wildman–Crippen MR) is 152 cm³/mol. The Balaban J connectivity index is 1.18. The van der Waals surface area contributed by atoms with Gasteiger partial charge in [-0.05, 0) is 36.2 Å². The number of methoxy groups -OCH3 is 1. The fourth-order valence-corrected chi connectivity index (χ4v) is 5.70. The summed E-state index contributed by atoms with van der Waals surface area (Å²) in [5.74, 6) is 2.14. The van der Waals surface area contributed by atoms with Gasteiger partial charge in [0.05, 0.1) is 19.7 Å². The number of hydrogen-bond acceptors (Lipinski definition) is 5. The number of nitrogens with one attached hydrogen (secondary N) is 1. The molecule has 190 valence electrons. The first kappa shape index (κ1) is 23.6. The number of ether oxygens (including phenoxy) is 1. The van der Waals surface area contributed by atoms with E-state index in [2.05, 4.69) is 98.7 Å². The number of piperazine rings is 1. The third-order valence-electron chi connectivity index (χ3n) is 7.67. The Labute approximate surface area is 219 Å². The van der Waals surface area contributed by atoms with E-state index in [1.807, 2.05) is 6.07 Å². The van der Waals surface area contributed by atoms with Crippen molar-refractivity contribution in [3.8, 4) is 5.75 Å². The number of amidine groups is 1. The first-order chi connectivity index (χ1) is 18.3. The van der Waals surface area contributed by atoms with E-state index in [1.165, 1.54) is 33.6 Å². The molecule has 0 spiro atoms. The maximum atomic E-state index is 5.67. The number of anilines is 1. The topological polar surface area (TPSA) is 47.1 Å². The van der Waals surface area contributed by atoms with Crippen molar-refractivity contribution in [3.63, 3.8) is 0 Å². The van der Waals surface area contributed by atoms with Crippen molar-refractivity contribution in [1.29, 1.82) is 0 Å². The van der Waals surface area contributed by atoms with Crippen LogP contribution in [0.1, 0.15) is 11.1 Å². The number of aromatic nitrogens is 1. The predicted octanol–water partition coefficient (Wildman–Crippen LogP) is 4.82. The maximum Gasteiger partial charge on any atom is 0.123 e.